The van der Waals surface area contributed by atoms with Crippen LogP contribution < -0.4 is 25.1 Å². The lowest BCUT2D eigenvalue weighted by molar-refractivity contribution is -0.671. The normalized spacial score (nSPS) is 11.0. The Morgan fingerprint density at radius 3 is 1.51 bits per heavy atom. The molecule has 5 aromatic carbocycles. The largest absolute Gasteiger partial charge is 0.744 e. The Morgan fingerprint density at radius 1 is 0.526 bits per heavy atom. The second-order valence-electron chi connectivity index (χ2n) is 13.0. The van der Waals surface area contributed by atoms with Gasteiger partial charge in [0, 0.05) is 46.9 Å². The fraction of sp³-hybridized carbons (Fsp3) is 0.0930. The van der Waals surface area contributed by atoms with Gasteiger partial charge in [-0.2, -0.15) is 0 Å². The van der Waals surface area contributed by atoms with Crippen LogP contribution in [-0.2, 0) is 34.3 Å². The molecule has 2 heterocycles. The molecule has 57 heavy (non-hydrogen) atoms. The van der Waals surface area contributed by atoms with Crippen molar-refractivity contribution in [3.8, 4) is 0 Å². The van der Waals surface area contributed by atoms with Crippen LogP contribution in [0.5, 0.6) is 0 Å². The summed E-state index contributed by atoms with van der Waals surface area (Å²) in [6.07, 6.45) is 6.00. The van der Waals surface area contributed by atoms with Gasteiger partial charge in [-0.1, -0.05) is 47.5 Å². The average Bonchev–Trinajstić information content (AvgIpc) is 3.18. The zero-order valence-corrected chi connectivity index (χ0v) is 33.2. The monoisotopic (exact) mass is 803 g/mol. The molecule has 0 bridgehead atoms. The number of fused-ring (bicyclic) bond motifs is 1. The number of pyridine rings is 2. The Balaban J connectivity index is 0.000000229. The van der Waals surface area contributed by atoms with Gasteiger partial charge in [0.2, 0.25) is 5.52 Å². The molecule has 0 aliphatic heterocycles. The highest BCUT2D eigenvalue weighted by molar-refractivity contribution is 7.86. The lowest BCUT2D eigenvalue weighted by atomic mass is 10.1. The number of nitrogens with one attached hydrogen (secondary N) is 3. The number of aryl methyl sites for hydroxylation is 4. The van der Waals surface area contributed by atoms with Gasteiger partial charge in [-0.05, 0) is 92.7 Å². The Morgan fingerprint density at radius 2 is 0.982 bits per heavy atom. The maximum atomic E-state index is 12.7. The number of nitrogens with zero attached hydrogens (tertiary/aromatic N) is 2. The summed E-state index contributed by atoms with van der Waals surface area (Å²) in [7, 11) is -4.52. The minimum absolute atomic E-state index is 0.148. The van der Waals surface area contributed by atoms with Crippen LogP contribution in [0, 0.1) is 13.8 Å². The Kier molecular flexibility index (Phi) is 13.5. The van der Waals surface area contributed by atoms with Crippen LogP contribution in [0.2, 0.25) is 0 Å². The molecule has 2 aromatic heterocycles. The van der Waals surface area contributed by atoms with Crippen molar-refractivity contribution >= 4 is 65.5 Å². The summed E-state index contributed by atoms with van der Waals surface area (Å²) in [5.41, 5.74) is 8.25. The van der Waals surface area contributed by atoms with Crippen molar-refractivity contribution in [3.63, 3.8) is 0 Å². The number of carbonyl (C=O) groups is 1. The van der Waals surface area contributed by atoms with Gasteiger partial charge in [-0.3, -0.25) is 4.79 Å². The van der Waals surface area contributed by atoms with Crippen LogP contribution in [0.1, 0.15) is 21.5 Å². The summed E-state index contributed by atoms with van der Waals surface area (Å²) in [6.45, 7) is 3.64. The van der Waals surface area contributed by atoms with Crippen molar-refractivity contribution in [3.05, 3.63) is 175 Å². The number of hydrogen-bond donors (Lipinski definition) is 3. The second-order valence-corrected chi connectivity index (χ2v) is 15.8. The summed E-state index contributed by atoms with van der Waals surface area (Å²) in [6, 6.07) is 41.1. The SMILES string of the molecule is C[n+]1ccc(Nc2ccc(C(=O)Nc3ccc(Nc4cc[n+](C)c5ccccc45)cc3)cc2)cc1.Cc1ccc(S(=O)(=O)[O-])cc1.Cc1ccc(S(=O)(=O)[O-])cc1. The van der Waals surface area contributed by atoms with Crippen LogP contribution in [0.3, 0.4) is 0 Å². The first-order valence-corrected chi connectivity index (χ1v) is 20.3. The minimum Gasteiger partial charge on any atom is -0.744 e. The lowest BCUT2D eigenvalue weighted by Crippen LogP contribution is -2.28. The third-order valence-corrected chi connectivity index (χ3v) is 10.2. The molecular formula is C43H41N5O7S2. The van der Waals surface area contributed by atoms with Crippen LogP contribution in [0.15, 0.2) is 168 Å². The van der Waals surface area contributed by atoms with Crippen molar-refractivity contribution < 1.29 is 39.9 Å². The van der Waals surface area contributed by atoms with Gasteiger partial charge in [0.15, 0.2) is 18.6 Å². The Labute approximate surface area is 332 Å². The number of hydrogen-bond acceptors (Lipinski definition) is 9. The van der Waals surface area contributed by atoms with Crippen molar-refractivity contribution in [2.75, 3.05) is 16.0 Å². The van der Waals surface area contributed by atoms with Gasteiger partial charge < -0.3 is 25.1 Å². The molecule has 7 rings (SSSR count). The molecule has 0 aliphatic carbocycles. The van der Waals surface area contributed by atoms with E-state index in [2.05, 4.69) is 38.7 Å². The number of benzene rings is 5. The van der Waals surface area contributed by atoms with Gasteiger partial charge >= 0.3 is 0 Å². The number of aromatic nitrogens is 2. The highest BCUT2D eigenvalue weighted by atomic mass is 32.2. The standard InChI is InChI=1S/C29H25N5O.2C7H8O3S/c1-33-18-15-25(16-19-33)30-22-9-7-21(8-10-22)29(35)32-24-13-11-23(12-14-24)31-27-17-20-34(2)28-6-4-3-5-26(27)28;2*1-6-2-4-7(5-3-6)11(8,9)10/h3-20H,1-2H3,(H,32,35);2*2-5H,1H3,(H,8,9,10). The molecule has 0 radical (unpaired) electrons. The summed E-state index contributed by atoms with van der Waals surface area (Å²) < 4.78 is 66.4. The number of amides is 1. The maximum Gasteiger partial charge on any atom is 0.255 e. The molecule has 0 atom stereocenters. The fourth-order valence-electron chi connectivity index (χ4n) is 5.34. The van der Waals surface area contributed by atoms with Crippen molar-refractivity contribution in [2.24, 2.45) is 14.1 Å². The third-order valence-electron chi connectivity index (χ3n) is 8.49. The first-order valence-electron chi connectivity index (χ1n) is 17.5. The molecule has 7 aromatic rings. The van der Waals surface area contributed by atoms with E-state index in [1.165, 1.54) is 24.3 Å². The average molecular weight is 804 g/mol. The van der Waals surface area contributed by atoms with E-state index in [1.807, 2.05) is 124 Å². The highest BCUT2D eigenvalue weighted by Crippen LogP contribution is 2.25. The minimum atomic E-state index is -4.27. The van der Waals surface area contributed by atoms with Crippen molar-refractivity contribution in [1.82, 2.24) is 0 Å². The van der Waals surface area contributed by atoms with Crippen LogP contribution in [0.25, 0.3) is 10.9 Å². The summed E-state index contributed by atoms with van der Waals surface area (Å²) >= 11 is 0. The fourth-order valence-corrected chi connectivity index (χ4v) is 6.27. The van der Waals surface area contributed by atoms with Crippen LogP contribution in [0.4, 0.5) is 28.4 Å². The third kappa shape index (κ3) is 12.3. The zero-order valence-electron chi connectivity index (χ0n) is 31.6. The first-order chi connectivity index (χ1) is 27.0. The van der Waals surface area contributed by atoms with E-state index in [4.69, 9.17) is 0 Å². The van der Waals surface area contributed by atoms with Gasteiger partial charge in [-0.25, -0.2) is 26.0 Å². The molecule has 1 amide bonds. The smallest absolute Gasteiger partial charge is 0.255 e. The Hall–Kier alpha value is -6.45. The van der Waals surface area contributed by atoms with Crippen LogP contribution >= 0.6 is 0 Å². The molecule has 292 valence electrons. The zero-order chi connectivity index (χ0) is 41.2. The molecule has 12 nitrogen and oxygen atoms in total. The van der Waals surface area contributed by atoms with Crippen molar-refractivity contribution in [1.29, 1.82) is 0 Å². The lowest BCUT2D eigenvalue weighted by Gasteiger charge is -2.11. The highest BCUT2D eigenvalue weighted by Gasteiger charge is 2.10. The van der Waals surface area contributed by atoms with E-state index in [-0.39, 0.29) is 15.7 Å². The molecule has 0 saturated carbocycles. The number of anilines is 5. The summed E-state index contributed by atoms with van der Waals surface area (Å²) in [4.78, 5) is 12.4. The molecule has 14 heteroatoms. The topological polar surface area (TPSA) is 175 Å². The van der Waals surface area contributed by atoms with E-state index >= 15 is 0 Å². The van der Waals surface area contributed by atoms with E-state index in [9.17, 15) is 30.7 Å². The number of carbonyl (C=O) groups excluding carboxylic acids is 1. The van der Waals surface area contributed by atoms with Crippen LogP contribution in [-0.4, -0.2) is 31.8 Å². The van der Waals surface area contributed by atoms with E-state index < -0.39 is 20.2 Å². The Bertz CT molecular complexity index is 2600. The van der Waals surface area contributed by atoms with Gasteiger partial charge in [-0.15, -0.1) is 0 Å². The van der Waals surface area contributed by atoms with Gasteiger partial charge in [0.1, 0.15) is 34.3 Å². The molecule has 0 unspecified atom stereocenters. The molecule has 0 saturated heterocycles. The van der Waals surface area contributed by atoms with Gasteiger partial charge in [0.05, 0.1) is 26.6 Å². The summed E-state index contributed by atoms with van der Waals surface area (Å²) in [5, 5.41) is 10.9. The molecule has 0 aliphatic rings. The summed E-state index contributed by atoms with van der Waals surface area (Å²) in [5.74, 6) is -0.148. The number of rotatable bonds is 8. The second kappa shape index (κ2) is 18.5. The van der Waals surface area contributed by atoms with E-state index in [1.54, 1.807) is 24.3 Å². The van der Waals surface area contributed by atoms with E-state index in [0.29, 0.717) is 5.56 Å². The molecule has 3 N–H and O–H groups in total. The molecular weight excluding hydrogens is 763 g/mol. The van der Waals surface area contributed by atoms with Gasteiger partial charge in [0.25, 0.3) is 5.91 Å². The molecule has 0 fully saturated rings. The van der Waals surface area contributed by atoms with E-state index in [0.717, 1.165) is 50.5 Å². The maximum absolute atomic E-state index is 12.7. The van der Waals surface area contributed by atoms with Crippen molar-refractivity contribution in [2.45, 2.75) is 23.6 Å². The predicted octanol–water partition coefficient (Wildman–Crippen LogP) is 7.03. The quantitative estimate of drug-likeness (QED) is 0.108. The molecule has 0 spiro atoms. The first kappa shape index (κ1) is 41.7. The number of para-hydroxylation sites is 1. The predicted molar refractivity (Wildman–Crippen MR) is 218 cm³/mol.